The third-order valence-corrected chi connectivity index (χ3v) is 7.79. The van der Waals surface area contributed by atoms with Gasteiger partial charge in [0.15, 0.2) is 6.54 Å². The molecule has 1 aliphatic heterocycles. The van der Waals surface area contributed by atoms with Crippen molar-refractivity contribution in [1.82, 2.24) is 9.56 Å². The molecule has 0 spiro atoms. The van der Waals surface area contributed by atoms with Crippen molar-refractivity contribution >= 4 is 22.8 Å². The van der Waals surface area contributed by atoms with E-state index in [1.807, 2.05) is 6.08 Å². The Labute approximate surface area is 271 Å². The van der Waals surface area contributed by atoms with E-state index in [1.54, 1.807) is 0 Å². The Bertz CT molecular complexity index is 1530. The van der Waals surface area contributed by atoms with Crippen LogP contribution >= 0.6 is 0 Å². The quantitative estimate of drug-likeness (QED) is 0.199. The standard InChI is InChI=1S/C35H37N2.K/c1-6-26(7-2)27-15-17-28(18-16-27)32-23-30(22-29-19-20-37(5)35(29)32)31(8-3)33(21-25-12-10-13-25)34-14-9-11-24(4)36-34;/h6,8-9,11,14-19,21-23,25H,1-2,7,10,12-13,20H2,3-5H3;/q-1;+1/b26-6+,31-8-,33-21+;. The van der Waals surface area contributed by atoms with Gasteiger partial charge in [0, 0.05) is 16.5 Å². The van der Waals surface area contributed by atoms with Gasteiger partial charge < -0.3 is 6.92 Å². The van der Waals surface area contributed by atoms with Gasteiger partial charge in [0.05, 0.1) is 11.3 Å². The Morgan fingerprint density at radius 1 is 1.05 bits per heavy atom. The number of rotatable bonds is 7. The van der Waals surface area contributed by atoms with E-state index in [0.717, 1.165) is 24.4 Å². The summed E-state index contributed by atoms with van der Waals surface area (Å²) in [7, 11) is 2.18. The van der Waals surface area contributed by atoms with Crippen LogP contribution in [0.4, 0.5) is 0 Å². The van der Waals surface area contributed by atoms with Crippen LogP contribution < -0.4 is 66.5 Å². The number of nitrogens with zero attached hydrogens (tertiary/aromatic N) is 2. The molecule has 0 radical (unpaired) electrons. The number of aryl methyl sites for hydroxylation is 1. The maximum absolute atomic E-state index is 4.95. The van der Waals surface area contributed by atoms with Crippen LogP contribution in [0, 0.1) is 26.7 Å². The molecule has 0 unspecified atom stereocenters. The Balaban J connectivity index is 0.00000336. The minimum Gasteiger partial charge on any atom is -0.355 e. The van der Waals surface area contributed by atoms with Gasteiger partial charge in [-0.15, -0.1) is 5.56 Å². The number of pyridine rings is 1. The molecule has 1 fully saturated rings. The molecular formula is C35H37KN2. The first kappa shape index (κ1) is 29.0. The average Bonchev–Trinajstić information content (AvgIpc) is 3.26. The monoisotopic (exact) mass is 524 g/mol. The number of aromatic nitrogens is 1. The zero-order valence-electron chi connectivity index (χ0n) is 23.4. The molecule has 0 bridgehead atoms. The summed E-state index contributed by atoms with van der Waals surface area (Å²) in [5.74, 6) is 0.634. The van der Waals surface area contributed by atoms with E-state index in [2.05, 4.69) is 112 Å². The van der Waals surface area contributed by atoms with Crippen LogP contribution in [0.25, 0.3) is 33.9 Å². The summed E-state index contributed by atoms with van der Waals surface area (Å²) in [5.41, 5.74) is 10.7. The molecule has 3 heteroatoms. The molecule has 2 nitrogen and oxygen atoms in total. The van der Waals surface area contributed by atoms with Crippen molar-refractivity contribution in [3.05, 3.63) is 120 Å². The van der Waals surface area contributed by atoms with Crippen LogP contribution in [0.1, 0.15) is 55.1 Å². The van der Waals surface area contributed by atoms with Crippen LogP contribution in [0.5, 0.6) is 0 Å². The van der Waals surface area contributed by atoms with Crippen molar-refractivity contribution in [3.8, 4) is 11.1 Å². The van der Waals surface area contributed by atoms with Gasteiger partial charge in [0.25, 0.3) is 0 Å². The first-order chi connectivity index (χ1) is 18.0. The largest absolute Gasteiger partial charge is 1.00 e. The molecule has 1 aliphatic carbocycles. The number of hydrogen-bond donors (Lipinski definition) is 0. The van der Waals surface area contributed by atoms with Crippen LogP contribution in [0.2, 0.25) is 0 Å². The fraction of sp³-hybridized carbons (Fsp3) is 0.257. The summed E-state index contributed by atoms with van der Waals surface area (Å²) < 4.78 is 2.35. The Morgan fingerprint density at radius 3 is 2.42 bits per heavy atom. The van der Waals surface area contributed by atoms with E-state index in [9.17, 15) is 0 Å². The van der Waals surface area contributed by atoms with E-state index < -0.39 is 0 Å². The van der Waals surface area contributed by atoms with Gasteiger partial charge in [-0.25, -0.2) is 29.6 Å². The molecule has 2 aromatic carbocycles. The molecule has 1 saturated carbocycles. The van der Waals surface area contributed by atoms with Gasteiger partial charge in [0.2, 0.25) is 5.36 Å². The first-order valence-corrected chi connectivity index (χ1v) is 13.5. The second kappa shape index (κ2) is 12.9. The number of benzene rings is 2. The minimum absolute atomic E-state index is 0. The molecule has 0 atom stereocenters. The SMILES string of the molecule is [CH2-]/C=C(\C[CH2-])c1ccc(-c2cc(C(=C/C)/C(=C\C3CCC3)c3cccc(C)n3)cc3c2=[N+](C)CC=3)cc1.[K+]. The summed E-state index contributed by atoms with van der Waals surface area (Å²) in [6, 6.07) is 20.0. The van der Waals surface area contributed by atoms with E-state index in [0.29, 0.717) is 5.92 Å². The second-order valence-electron chi connectivity index (χ2n) is 10.2. The average molecular weight is 525 g/mol. The molecular weight excluding hydrogens is 487 g/mol. The van der Waals surface area contributed by atoms with Crippen molar-refractivity contribution in [2.45, 2.75) is 39.5 Å². The molecule has 3 aromatic rings. The molecule has 0 amide bonds. The topological polar surface area (TPSA) is 15.9 Å². The van der Waals surface area contributed by atoms with E-state index in [-0.39, 0.29) is 51.4 Å². The predicted molar refractivity (Wildman–Crippen MR) is 159 cm³/mol. The van der Waals surface area contributed by atoms with Crippen LogP contribution in [-0.2, 0) is 0 Å². The van der Waals surface area contributed by atoms with E-state index in [4.69, 9.17) is 4.98 Å². The van der Waals surface area contributed by atoms with Crippen molar-refractivity contribution in [3.63, 3.8) is 0 Å². The summed E-state index contributed by atoms with van der Waals surface area (Å²) in [6.45, 7) is 13.2. The third-order valence-electron chi connectivity index (χ3n) is 7.79. The van der Waals surface area contributed by atoms with Gasteiger partial charge in [0.1, 0.15) is 7.05 Å². The fourth-order valence-electron chi connectivity index (χ4n) is 5.49. The Kier molecular flexibility index (Phi) is 9.83. The van der Waals surface area contributed by atoms with Gasteiger partial charge in [-0.1, -0.05) is 48.9 Å². The maximum Gasteiger partial charge on any atom is 1.00 e. The van der Waals surface area contributed by atoms with Crippen molar-refractivity contribution in [1.29, 1.82) is 0 Å². The van der Waals surface area contributed by atoms with Crippen molar-refractivity contribution in [2.75, 3.05) is 13.6 Å². The predicted octanol–water partition coefficient (Wildman–Crippen LogP) is 3.70. The molecule has 0 N–H and O–H groups in total. The van der Waals surface area contributed by atoms with E-state index in [1.165, 1.54) is 68.8 Å². The van der Waals surface area contributed by atoms with Crippen molar-refractivity contribution in [2.24, 2.45) is 5.92 Å². The first-order valence-electron chi connectivity index (χ1n) is 13.5. The van der Waals surface area contributed by atoms with Gasteiger partial charge in [-0.05, 0) is 79.6 Å². The number of hydrogen-bond acceptors (Lipinski definition) is 1. The molecule has 188 valence electrons. The zero-order valence-corrected chi connectivity index (χ0v) is 26.6. The normalized spacial score (nSPS) is 16.0. The zero-order chi connectivity index (χ0) is 25.9. The third kappa shape index (κ3) is 5.93. The van der Waals surface area contributed by atoms with Gasteiger partial charge in [-0.3, -0.25) is 4.98 Å². The Morgan fingerprint density at radius 2 is 1.82 bits per heavy atom. The van der Waals surface area contributed by atoms with Gasteiger partial charge in [-0.2, -0.15) is 0 Å². The van der Waals surface area contributed by atoms with Crippen LogP contribution in [0.3, 0.4) is 0 Å². The van der Waals surface area contributed by atoms with E-state index >= 15 is 0 Å². The second-order valence-corrected chi connectivity index (χ2v) is 10.2. The molecule has 0 saturated heterocycles. The van der Waals surface area contributed by atoms with Crippen LogP contribution in [-0.4, -0.2) is 18.6 Å². The minimum atomic E-state index is 0. The maximum atomic E-state index is 4.95. The number of allylic oxidation sites excluding steroid dienone is 6. The fourth-order valence-corrected chi connectivity index (χ4v) is 5.49. The Hall–Kier alpha value is -2.01. The smallest absolute Gasteiger partial charge is 0.355 e. The summed E-state index contributed by atoms with van der Waals surface area (Å²) in [6.07, 6.45) is 13.6. The summed E-state index contributed by atoms with van der Waals surface area (Å²) in [5, 5.41) is 2.60. The molecule has 2 aliphatic rings. The van der Waals surface area contributed by atoms with Crippen LogP contribution in [0.15, 0.2) is 72.8 Å². The summed E-state index contributed by atoms with van der Waals surface area (Å²) >= 11 is 0. The molecule has 38 heavy (non-hydrogen) atoms. The molecule has 5 rings (SSSR count). The molecule has 2 heterocycles. The summed E-state index contributed by atoms with van der Waals surface area (Å²) in [4.78, 5) is 4.95. The molecule has 1 aromatic heterocycles. The van der Waals surface area contributed by atoms with Crippen molar-refractivity contribution < 1.29 is 51.4 Å². The van der Waals surface area contributed by atoms with Gasteiger partial charge >= 0.3 is 51.4 Å². The number of fused-ring (bicyclic) bond motifs is 1.